The van der Waals surface area contributed by atoms with Crippen molar-refractivity contribution in [2.24, 2.45) is 0 Å². The number of hydrogen-bond acceptors (Lipinski definition) is 4. The molecule has 1 rings (SSSR count). The first-order valence-corrected chi connectivity index (χ1v) is 6.95. The normalized spacial score (nSPS) is 12.8. The van der Waals surface area contributed by atoms with E-state index in [0.29, 0.717) is 5.56 Å². The van der Waals surface area contributed by atoms with Crippen molar-refractivity contribution in [1.82, 2.24) is 10.6 Å². The molecule has 0 bridgehead atoms. The average Bonchev–Trinajstić information content (AvgIpc) is 2.47. The number of halogens is 1. The highest BCUT2D eigenvalue weighted by Crippen LogP contribution is 2.07. The number of aliphatic carboxylic acids is 2. The minimum Gasteiger partial charge on any atom is -0.481 e. The maximum absolute atomic E-state index is 12.9. The summed E-state index contributed by atoms with van der Waals surface area (Å²) in [5.74, 6) is -4.73. The Balaban J connectivity index is 2.87. The van der Waals surface area contributed by atoms with Gasteiger partial charge < -0.3 is 20.8 Å². The molecule has 8 nitrogen and oxygen atoms in total. The van der Waals surface area contributed by atoms with Crippen molar-refractivity contribution >= 4 is 23.8 Å². The zero-order valence-electron chi connectivity index (χ0n) is 12.8. The van der Waals surface area contributed by atoms with Gasteiger partial charge in [-0.15, -0.1) is 0 Å². The van der Waals surface area contributed by atoms with E-state index in [-0.39, 0.29) is 6.42 Å². The minimum absolute atomic E-state index is 0.00883. The maximum Gasteiger partial charge on any atom is 0.326 e. The molecule has 2 atom stereocenters. The molecule has 0 saturated heterocycles. The van der Waals surface area contributed by atoms with E-state index in [9.17, 15) is 23.6 Å². The molecule has 1 aromatic carbocycles. The summed E-state index contributed by atoms with van der Waals surface area (Å²) in [5.41, 5.74) is 0.537. The van der Waals surface area contributed by atoms with Crippen LogP contribution in [0.25, 0.3) is 0 Å². The fourth-order valence-corrected chi connectivity index (χ4v) is 1.96. The predicted octanol–water partition coefficient (Wildman–Crippen LogP) is -0.0830. The molecule has 0 aromatic heterocycles. The molecule has 0 saturated carbocycles. The number of carboxylic acids is 2. The number of hydrogen-bond donors (Lipinski definition) is 4. The molecular formula is C15H17FN2O6. The van der Waals surface area contributed by atoms with E-state index in [0.717, 1.165) is 0 Å². The van der Waals surface area contributed by atoms with Gasteiger partial charge in [-0.2, -0.15) is 0 Å². The van der Waals surface area contributed by atoms with Crippen LogP contribution in [-0.4, -0.2) is 46.0 Å². The second kappa shape index (κ2) is 8.61. The monoisotopic (exact) mass is 340 g/mol. The summed E-state index contributed by atoms with van der Waals surface area (Å²) in [6, 6.07) is 2.46. The van der Waals surface area contributed by atoms with Crippen molar-refractivity contribution in [1.29, 1.82) is 0 Å². The van der Waals surface area contributed by atoms with Gasteiger partial charge >= 0.3 is 11.9 Å². The Morgan fingerprint density at radius 1 is 1.04 bits per heavy atom. The van der Waals surface area contributed by atoms with Crippen LogP contribution in [0, 0.1) is 5.82 Å². The maximum atomic E-state index is 12.9. The predicted molar refractivity (Wildman–Crippen MR) is 79.5 cm³/mol. The van der Waals surface area contributed by atoms with Crippen LogP contribution in [0.3, 0.4) is 0 Å². The summed E-state index contributed by atoms with van der Waals surface area (Å²) >= 11 is 0. The summed E-state index contributed by atoms with van der Waals surface area (Å²) < 4.78 is 12.9. The molecule has 0 aliphatic heterocycles. The first-order valence-electron chi connectivity index (χ1n) is 6.95. The molecule has 1 aromatic rings. The lowest BCUT2D eigenvalue weighted by atomic mass is 10.0. The van der Waals surface area contributed by atoms with Crippen LogP contribution in [0.1, 0.15) is 18.9 Å². The van der Waals surface area contributed by atoms with Gasteiger partial charge in [-0.1, -0.05) is 12.1 Å². The number of carbonyl (C=O) groups is 4. The molecule has 24 heavy (non-hydrogen) atoms. The van der Waals surface area contributed by atoms with Crippen molar-refractivity contribution in [3.8, 4) is 0 Å². The summed E-state index contributed by atoms with van der Waals surface area (Å²) in [6.45, 7) is 1.18. The van der Waals surface area contributed by atoms with Crippen molar-refractivity contribution in [3.63, 3.8) is 0 Å². The number of amides is 2. The topological polar surface area (TPSA) is 133 Å². The Kier molecular flexibility index (Phi) is 6.84. The molecule has 0 fully saturated rings. The quantitative estimate of drug-likeness (QED) is 0.523. The Hall–Kier alpha value is -2.97. The third kappa shape index (κ3) is 6.42. The van der Waals surface area contributed by atoms with E-state index in [1.54, 1.807) is 0 Å². The Morgan fingerprint density at radius 2 is 1.62 bits per heavy atom. The molecule has 4 N–H and O–H groups in total. The van der Waals surface area contributed by atoms with Crippen molar-refractivity contribution in [2.75, 3.05) is 0 Å². The zero-order chi connectivity index (χ0) is 18.3. The molecule has 0 unspecified atom stereocenters. The third-order valence-electron chi connectivity index (χ3n) is 3.04. The van der Waals surface area contributed by atoms with Crippen LogP contribution in [0.5, 0.6) is 0 Å². The lowest BCUT2D eigenvalue weighted by molar-refractivity contribution is -0.147. The van der Waals surface area contributed by atoms with Crippen LogP contribution in [0.4, 0.5) is 4.39 Å². The van der Waals surface area contributed by atoms with Crippen molar-refractivity contribution in [2.45, 2.75) is 31.8 Å². The number of rotatable bonds is 8. The second-order valence-corrected chi connectivity index (χ2v) is 5.08. The van der Waals surface area contributed by atoms with Gasteiger partial charge in [0.15, 0.2) is 0 Å². The molecule has 130 valence electrons. The van der Waals surface area contributed by atoms with E-state index in [4.69, 9.17) is 10.2 Å². The fourth-order valence-electron chi connectivity index (χ4n) is 1.96. The molecular weight excluding hydrogens is 323 g/mol. The number of benzene rings is 1. The van der Waals surface area contributed by atoms with E-state index in [1.165, 1.54) is 31.2 Å². The summed E-state index contributed by atoms with van der Waals surface area (Å²) in [5, 5.41) is 22.1. The van der Waals surface area contributed by atoms with E-state index in [1.807, 2.05) is 0 Å². The van der Waals surface area contributed by atoms with Gasteiger partial charge in [0.05, 0.1) is 6.42 Å². The van der Waals surface area contributed by atoms with Gasteiger partial charge in [0.2, 0.25) is 11.8 Å². The standard InChI is InChI=1S/C15H17FN2O6/c1-8(19)17-11(6-9-2-4-10(16)5-3-9)14(22)18-12(15(23)24)7-13(20)21/h2-5,11-12H,6-7H2,1H3,(H,17,19)(H,18,22)(H,20,21)(H,23,24)/t11-,12+/m0/s1. The lowest BCUT2D eigenvalue weighted by Gasteiger charge is -2.20. The van der Waals surface area contributed by atoms with Crippen LogP contribution in [-0.2, 0) is 25.6 Å². The van der Waals surface area contributed by atoms with Gasteiger partial charge in [-0.3, -0.25) is 14.4 Å². The van der Waals surface area contributed by atoms with E-state index >= 15 is 0 Å². The first-order chi connectivity index (χ1) is 11.2. The average molecular weight is 340 g/mol. The van der Waals surface area contributed by atoms with E-state index in [2.05, 4.69) is 10.6 Å². The number of carboxylic acid groups (broad SMARTS) is 2. The Morgan fingerprint density at radius 3 is 2.08 bits per heavy atom. The molecule has 0 radical (unpaired) electrons. The molecule has 0 aliphatic carbocycles. The zero-order valence-corrected chi connectivity index (χ0v) is 12.8. The van der Waals surface area contributed by atoms with Crippen molar-refractivity contribution < 1.29 is 33.8 Å². The fraction of sp³-hybridized carbons (Fsp3) is 0.333. The van der Waals surface area contributed by atoms with Gasteiger partial charge in [-0.05, 0) is 17.7 Å². The smallest absolute Gasteiger partial charge is 0.326 e. The highest BCUT2D eigenvalue weighted by Gasteiger charge is 2.27. The second-order valence-electron chi connectivity index (χ2n) is 5.08. The summed E-state index contributed by atoms with van der Waals surface area (Å²) in [4.78, 5) is 45.1. The molecule has 0 aliphatic rings. The molecule has 2 amide bonds. The molecule has 9 heteroatoms. The third-order valence-corrected chi connectivity index (χ3v) is 3.04. The van der Waals surface area contributed by atoms with Crippen LogP contribution in [0.15, 0.2) is 24.3 Å². The highest BCUT2D eigenvalue weighted by molar-refractivity contribution is 5.91. The van der Waals surface area contributed by atoms with Gasteiger partial charge in [-0.25, -0.2) is 9.18 Å². The summed E-state index contributed by atoms with van der Waals surface area (Å²) in [6.07, 6.45) is -0.810. The number of carbonyl (C=O) groups excluding carboxylic acids is 2. The number of nitrogens with one attached hydrogen (secondary N) is 2. The summed E-state index contributed by atoms with van der Waals surface area (Å²) in [7, 11) is 0. The highest BCUT2D eigenvalue weighted by atomic mass is 19.1. The van der Waals surface area contributed by atoms with Crippen LogP contribution < -0.4 is 10.6 Å². The Bertz CT molecular complexity index is 631. The van der Waals surface area contributed by atoms with Crippen molar-refractivity contribution in [3.05, 3.63) is 35.6 Å². The Labute approximate surface area is 136 Å². The lowest BCUT2D eigenvalue weighted by Crippen LogP contribution is -2.52. The van der Waals surface area contributed by atoms with Gasteiger partial charge in [0.1, 0.15) is 17.9 Å². The van der Waals surface area contributed by atoms with E-state index < -0.39 is 48.1 Å². The van der Waals surface area contributed by atoms with Crippen LogP contribution >= 0.6 is 0 Å². The SMILES string of the molecule is CC(=O)N[C@@H](Cc1ccc(F)cc1)C(=O)N[C@H](CC(=O)O)C(=O)O. The molecule has 0 heterocycles. The van der Waals surface area contributed by atoms with Gasteiger partial charge in [0, 0.05) is 13.3 Å². The van der Waals surface area contributed by atoms with Crippen LogP contribution in [0.2, 0.25) is 0 Å². The van der Waals surface area contributed by atoms with Gasteiger partial charge in [0.25, 0.3) is 0 Å². The first kappa shape index (κ1) is 19.1. The minimum atomic E-state index is -1.63. The largest absolute Gasteiger partial charge is 0.481 e. The molecule has 0 spiro atoms.